The number of carbonyl (C=O) groups is 1. The van der Waals surface area contributed by atoms with Gasteiger partial charge >= 0.3 is 6.18 Å². The number of nitrogens with two attached hydrogens (primary N) is 1. The molecule has 1 aromatic rings. The van der Waals surface area contributed by atoms with Crippen LogP contribution in [0, 0.1) is 5.82 Å². The minimum atomic E-state index is -4.77. The quantitative estimate of drug-likeness (QED) is 0.837. The Morgan fingerprint density at radius 2 is 1.80 bits per heavy atom. The summed E-state index contributed by atoms with van der Waals surface area (Å²) in [5, 5.41) is 1.63. The zero-order valence-corrected chi connectivity index (χ0v) is 9.90. The van der Waals surface area contributed by atoms with Gasteiger partial charge in [-0.1, -0.05) is 0 Å². The van der Waals surface area contributed by atoms with Gasteiger partial charge in [0.05, 0.1) is 24.2 Å². The molecule has 0 spiro atoms. The Labute approximate surface area is 109 Å². The Balaban J connectivity index is 2.93. The number of halogens is 6. The van der Waals surface area contributed by atoms with E-state index in [1.807, 2.05) is 0 Å². The van der Waals surface area contributed by atoms with E-state index in [2.05, 4.69) is 0 Å². The summed E-state index contributed by atoms with van der Waals surface area (Å²) < 4.78 is 76.0. The lowest BCUT2D eigenvalue weighted by Gasteiger charge is -2.15. The van der Waals surface area contributed by atoms with Gasteiger partial charge in [0.15, 0.2) is 0 Å². The Bertz CT molecular complexity index is 500. The van der Waals surface area contributed by atoms with Gasteiger partial charge in [0, 0.05) is 0 Å². The molecule has 0 heterocycles. The van der Waals surface area contributed by atoms with Crippen molar-refractivity contribution in [1.29, 1.82) is 0 Å². The van der Waals surface area contributed by atoms with Crippen LogP contribution in [0.5, 0.6) is 0 Å². The molecule has 0 atom stereocenters. The number of rotatable bonds is 4. The Kier molecular flexibility index (Phi) is 4.64. The van der Waals surface area contributed by atoms with Crippen molar-refractivity contribution in [1.82, 2.24) is 5.32 Å². The molecule has 0 aromatic heterocycles. The first-order valence-corrected chi connectivity index (χ1v) is 5.29. The van der Waals surface area contributed by atoms with E-state index in [4.69, 9.17) is 5.73 Å². The highest BCUT2D eigenvalue weighted by atomic mass is 19.4. The lowest BCUT2D eigenvalue weighted by atomic mass is 10.1. The van der Waals surface area contributed by atoms with Crippen LogP contribution in [0.3, 0.4) is 0 Å². The minimum Gasteiger partial charge on any atom is -0.346 e. The second kappa shape index (κ2) is 5.70. The van der Waals surface area contributed by atoms with Gasteiger partial charge in [0.1, 0.15) is 5.82 Å². The number of nitrogens with one attached hydrogen (secondary N) is 1. The number of hydrogen-bond donors (Lipinski definition) is 2. The molecule has 0 fully saturated rings. The minimum absolute atomic E-state index is 0.255. The summed E-state index contributed by atoms with van der Waals surface area (Å²) in [5.74, 6) is -6.04. The fourth-order valence-corrected chi connectivity index (χ4v) is 1.25. The molecule has 3 nitrogen and oxygen atoms in total. The van der Waals surface area contributed by atoms with E-state index in [9.17, 15) is 31.1 Å². The van der Waals surface area contributed by atoms with Crippen LogP contribution in [0.4, 0.5) is 26.3 Å². The zero-order valence-electron chi connectivity index (χ0n) is 9.90. The van der Waals surface area contributed by atoms with Gasteiger partial charge < -0.3 is 11.1 Å². The van der Waals surface area contributed by atoms with Crippen LogP contribution in [0.25, 0.3) is 0 Å². The van der Waals surface area contributed by atoms with Crippen molar-refractivity contribution < 1.29 is 31.1 Å². The highest BCUT2D eigenvalue weighted by Crippen LogP contribution is 2.30. The second-order valence-corrected chi connectivity index (χ2v) is 3.94. The molecule has 0 aliphatic carbocycles. The normalized spacial score (nSPS) is 12.3. The number of alkyl halides is 5. The van der Waals surface area contributed by atoms with E-state index in [1.54, 1.807) is 5.32 Å². The first kappa shape index (κ1) is 16.3. The van der Waals surface area contributed by atoms with Gasteiger partial charge in [-0.05, 0) is 18.2 Å². The maximum Gasteiger partial charge on any atom is 0.416 e. The Morgan fingerprint density at radius 1 is 1.20 bits per heavy atom. The fourth-order valence-electron chi connectivity index (χ4n) is 1.25. The third-order valence-electron chi connectivity index (χ3n) is 2.34. The zero-order chi connectivity index (χ0) is 15.6. The van der Waals surface area contributed by atoms with E-state index in [1.165, 1.54) is 0 Å². The van der Waals surface area contributed by atoms with Crippen LogP contribution in [-0.2, 0) is 6.18 Å². The van der Waals surface area contributed by atoms with Gasteiger partial charge in [-0.3, -0.25) is 4.79 Å². The van der Waals surface area contributed by atoms with Crippen molar-refractivity contribution in [3.8, 4) is 0 Å². The van der Waals surface area contributed by atoms with E-state index < -0.39 is 48.0 Å². The first-order valence-electron chi connectivity index (χ1n) is 5.29. The molecule has 0 radical (unpaired) electrons. The van der Waals surface area contributed by atoms with Crippen LogP contribution >= 0.6 is 0 Å². The van der Waals surface area contributed by atoms with Gasteiger partial charge in [0.25, 0.3) is 11.8 Å². The molecule has 20 heavy (non-hydrogen) atoms. The van der Waals surface area contributed by atoms with Crippen LogP contribution < -0.4 is 11.1 Å². The van der Waals surface area contributed by atoms with Crippen molar-refractivity contribution >= 4 is 5.91 Å². The maximum atomic E-state index is 13.3. The summed E-state index contributed by atoms with van der Waals surface area (Å²) in [7, 11) is 0. The summed E-state index contributed by atoms with van der Waals surface area (Å²) in [6.45, 7) is -2.25. The molecule has 9 heteroatoms. The monoisotopic (exact) mass is 300 g/mol. The van der Waals surface area contributed by atoms with Gasteiger partial charge in [0.2, 0.25) is 0 Å². The average molecular weight is 300 g/mol. The molecule has 1 aromatic carbocycles. The standard InChI is InChI=1S/C11H10F6N2O/c12-8-2-1-6(11(15,16)17)3-7(8)9(20)19-5-10(13,14)4-18/h1-3H,4-5,18H2,(H,19,20). The summed E-state index contributed by atoms with van der Waals surface area (Å²) in [4.78, 5) is 11.4. The third kappa shape index (κ3) is 4.12. The summed E-state index contributed by atoms with van der Waals surface area (Å²) in [6, 6.07) is 1.14. The number of benzene rings is 1. The lowest BCUT2D eigenvalue weighted by Crippen LogP contribution is -2.41. The molecular formula is C11H10F6N2O. The van der Waals surface area contributed by atoms with Crippen LogP contribution in [0.15, 0.2) is 18.2 Å². The van der Waals surface area contributed by atoms with E-state index in [0.717, 1.165) is 0 Å². The van der Waals surface area contributed by atoms with Crippen molar-refractivity contribution in [2.45, 2.75) is 12.1 Å². The average Bonchev–Trinajstić information content (AvgIpc) is 2.35. The molecule has 0 aliphatic heterocycles. The Hall–Kier alpha value is -1.77. The predicted molar refractivity (Wildman–Crippen MR) is 57.7 cm³/mol. The summed E-state index contributed by atoms with van der Waals surface area (Å²) in [5.41, 5.74) is 2.50. The molecule has 0 saturated carbocycles. The number of hydrogen-bond acceptors (Lipinski definition) is 2. The maximum absolute atomic E-state index is 13.3. The molecule has 0 aliphatic rings. The molecule has 1 amide bonds. The molecule has 0 unspecified atom stereocenters. The van der Waals surface area contributed by atoms with Crippen molar-refractivity contribution in [2.75, 3.05) is 13.1 Å². The van der Waals surface area contributed by atoms with E-state index in [0.29, 0.717) is 12.1 Å². The third-order valence-corrected chi connectivity index (χ3v) is 2.34. The van der Waals surface area contributed by atoms with E-state index >= 15 is 0 Å². The number of amides is 1. The van der Waals surface area contributed by atoms with Gasteiger partial charge in [-0.15, -0.1) is 0 Å². The molecule has 0 bridgehead atoms. The lowest BCUT2D eigenvalue weighted by molar-refractivity contribution is -0.137. The van der Waals surface area contributed by atoms with Gasteiger partial charge in [-0.2, -0.15) is 13.2 Å². The second-order valence-electron chi connectivity index (χ2n) is 3.94. The highest BCUT2D eigenvalue weighted by Gasteiger charge is 2.32. The molecular weight excluding hydrogens is 290 g/mol. The van der Waals surface area contributed by atoms with Crippen molar-refractivity contribution in [3.05, 3.63) is 35.1 Å². The smallest absolute Gasteiger partial charge is 0.346 e. The molecule has 112 valence electrons. The summed E-state index contributed by atoms with van der Waals surface area (Å²) >= 11 is 0. The van der Waals surface area contributed by atoms with Crippen LogP contribution in [-0.4, -0.2) is 24.9 Å². The molecule has 3 N–H and O–H groups in total. The number of carbonyl (C=O) groups excluding carboxylic acids is 1. The predicted octanol–water partition coefficient (Wildman–Crippen LogP) is 2.17. The summed E-state index contributed by atoms with van der Waals surface area (Å²) in [6.07, 6.45) is -4.77. The van der Waals surface area contributed by atoms with Crippen LogP contribution in [0.2, 0.25) is 0 Å². The topological polar surface area (TPSA) is 55.1 Å². The molecule has 0 saturated heterocycles. The highest BCUT2D eigenvalue weighted by molar-refractivity contribution is 5.94. The first-order chi connectivity index (χ1) is 9.07. The van der Waals surface area contributed by atoms with Gasteiger partial charge in [-0.25, -0.2) is 13.2 Å². The van der Waals surface area contributed by atoms with Crippen LogP contribution in [0.1, 0.15) is 15.9 Å². The van der Waals surface area contributed by atoms with Crippen molar-refractivity contribution in [3.63, 3.8) is 0 Å². The fraction of sp³-hybridized carbons (Fsp3) is 0.364. The SMILES string of the molecule is NCC(F)(F)CNC(=O)c1cc(C(F)(F)F)ccc1F. The van der Waals surface area contributed by atoms with E-state index in [-0.39, 0.29) is 6.07 Å². The Morgan fingerprint density at radius 3 is 2.30 bits per heavy atom. The largest absolute Gasteiger partial charge is 0.416 e. The van der Waals surface area contributed by atoms with Crippen molar-refractivity contribution in [2.24, 2.45) is 5.73 Å². The molecule has 1 rings (SSSR count).